The molecule has 0 fully saturated rings. The summed E-state index contributed by atoms with van der Waals surface area (Å²) in [6.07, 6.45) is 2.07. The fourth-order valence-corrected chi connectivity index (χ4v) is 1.89. The molecule has 0 radical (unpaired) electrons. The molecule has 4 N–H and O–H groups in total. The number of benzene rings is 1. The van der Waals surface area contributed by atoms with E-state index in [0.29, 0.717) is 18.7 Å². The molecule has 0 bridgehead atoms. The zero-order chi connectivity index (χ0) is 15.2. The van der Waals surface area contributed by atoms with Gasteiger partial charge < -0.3 is 16.2 Å². The number of rotatable bonds is 7. The van der Waals surface area contributed by atoms with Crippen LogP contribution in [0.15, 0.2) is 24.3 Å². The minimum Gasteiger partial charge on any atom is -0.478 e. The van der Waals surface area contributed by atoms with Crippen LogP contribution < -0.4 is 11.1 Å². The molecule has 0 aliphatic heterocycles. The number of carbonyl (C=O) groups excluding carboxylic acids is 1. The lowest BCUT2D eigenvalue weighted by Crippen LogP contribution is -2.20. The molecule has 0 heterocycles. The van der Waals surface area contributed by atoms with Crippen molar-refractivity contribution in [3.05, 3.63) is 29.8 Å². The molecule has 1 rings (SSSR count). The van der Waals surface area contributed by atoms with Gasteiger partial charge in [0.1, 0.15) is 0 Å². The third kappa shape index (κ3) is 5.40. The van der Waals surface area contributed by atoms with Crippen LogP contribution in [-0.2, 0) is 4.79 Å². The van der Waals surface area contributed by atoms with Gasteiger partial charge in [0.25, 0.3) is 0 Å². The van der Waals surface area contributed by atoms with Crippen molar-refractivity contribution in [2.24, 2.45) is 11.1 Å². The maximum absolute atomic E-state index is 11.8. The molecule has 0 aliphatic carbocycles. The van der Waals surface area contributed by atoms with Crippen LogP contribution in [0.2, 0.25) is 0 Å². The summed E-state index contributed by atoms with van der Waals surface area (Å²) in [6.45, 7) is 4.80. The van der Waals surface area contributed by atoms with Crippen molar-refractivity contribution in [2.75, 3.05) is 11.9 Å². The second-order valence-electron chi connectivity index (χ2n) is 5.63. The second-order valence-corrected chi connectivity index (χ2v) is 5.63. The smallest absolute Gasteiger partial charge is 0.335 e. The third-order valence-corrected chi connectivity index (χ3v) is 3.27. The number of carboxylic acids is 1. The highest BCUT2D eigenvalue weighted by Crippen LogP contribution is 2.26. The van der Waals surface area contributed by atoms with E-state index in [1.54, 1.807) is 12.1 Å². The van der Waals surface area contributed by atoms with Gasteiger partial charge in [-0.3, -0.25) is 4.79 Å². The molecule has 0 atom stereocenters. The van der Waals surface area contributed by atoms with E-state index in [4.69, 9.17) is 10.8 Å². The molecule has 1 amide bonds. The quantitative estimate of drug-likeness (QED) is 0.714. The molecule has 0 unspecified atom stereocenters. The van der Waals surface area contributed by atoms with Gasteiger partial charge in [0, 0.05) is 12.1 Å². The third-order valence-electron chi connectivity index (χ3n) is 3.27. The average Bonchev–Trinajstić information content (AvgIpc) is 2.37. The summed E-state index contributed by atoms with van der Waals surface area (Å²) < 4.78 is 0. The maximum atomic E-state index is 11.8. The molecule has 20 heavy (non-hydrogen) atoms. The summed E-state index contributed by atoms with van der Waals surface area (Å²) in [5.74, 6) is -1.05. The predicted octanol–water partition coefficient (Wildman–Crippen LogP) is 2.48. The number of carboxylic acid groups (broad SMARTS) is 1. The monoisotopic (exact) mass is 278 g/mol. The Kier molecular flexibility index (Phi) is 5.70. The van der Waals surface area contributed by atoms with Crippen molar-refractivity contribution < 1.29 is 14.7 Å². The average molecular weight is 278 g/mol. The van der Waals surface area contributed by atoms with Crippen LogP contribution in [0.25, 0.3) is 0 Å². The molecule has 1 aromatic rings. The SMILES string of the molecule is CC(C)(CCN)CCC(=O)Nc1ccc(C(=O)O)cc1. The fourth-order valence-electron chi connectivity index (χ4n) is 1.89. The Hall–Kier alpha value is -1.88. The summed E-state index contributed by atoms with van der Waals surface area (Å²) in [7, 11) is 0. The number of hydrogen-bond donors (Lipinski definition) is 3. The molecule has 1 aromatic carbocycles. The van der Waals surface area contributed by atoms with Crippen LogP contribution in [0, 0.1) is 5.41 Å². The zero-order valence-electron chi connectivity index (χ0n) is 12.0. The summed E-state index contributed by atoms with van der Waals surface area (Å²) >= 11 is 0. The van der Waals surface area contributed by atoms with Crippen LogP contribution in [0.3, 0.4) is 0 Å². The second kappa shape index (κ2) is 7.05. The van der Waals surface area contributed by atoms with Gasteiger partial charge in [0.2, 0.25) is 5.91 Å². The number of anilines is 1. The summed E-state index contributed by atoms with van der Waals surface area (Å²) in [5, 5.41) is 11.5. The Labute approximate surface area is 119 Å². The Morgan fingerprint density at radius 1 is 1.20 bits per heavy atom. The molecule has 0 aliphatic rings. The van der Waals surface area contributed by atoms with E-state index in [1.165, 1.54) is 12.1 Å². The number of carbonyl (C=O) groups is 2. The van der Waals surface area contributed by atoms with Crippen LogP contribution >= 0.6 is 0 Å². The Morgan fingerprint density at radius 2 is 1.80 bits per heavy atom. The van der Waals surface area contributed by atoms with E-state index in [1.807, 2.05) is 0 Å². The van der Waals surface area contributed by atoms with E-state index < -0.39 is 5.97 Å². The van der Waals surface area contributed by atoms with E-state index in [0.717, 1.165) is 12.8 Å². The van der Waals surface area contributed by atoms with Crippen molar-refractivity contribution in [1.82, 2.24) is 0 Å². The van der Waals surface area contributed by atoms with Gasteiger partial charge in [-0.15, -0.1) is 0 Å². The highest BCUT2D eigenvalue weighted by Gasteiger charge is 2.18. The van der Waals surface area contributed by atoms with E-state index >= 15 is 0 Å². The topological polar surface area (TPSA) is 92.4 Å². The van der Waals surface area contributed by atoms with Gasteiger partial charge in [0.05, 0.1) is 5.56 Å². The van der Waals surface area contributed by atoms with Crippen LogP contribution in [0.1, 0.15) is 43.5 Å². The number of aromatic carboxylic acids is 1. The Bertz CT molecular complexity index is 467. The lowest BCUT2D eigenvalue weighted by molar-refractivity contribution is -0.116. The number of hydrogen-bond acceptors (Lipinski definition) is 3. The van der Waals surface area contributed by atoms with Crippen LogP contribution in [0.5, 0.6) is 0 Å². The van der Waals surface area contributed by atoms with Gasteiger partial charge in [-0.2, -0.15) is 0 Å². The fraction of sp³-hybridized carbons (Fsp3) is 0.467. The minimum absolute atomic E-state index is 0.0548. The van der Waals surface area contributed by atoms with Crippen molar-refractivity contribution in [2.45, 2.75) is 33.1 Å². The largest absolute Gasteiger partial charge is 0.478 e. The first-order chi connectivity index (χ1) is 9.34. The van der Waals surface area contributed by atoms with Crippen LogP contribution in [-0.4, -0.2) is 23.5 Å². The summed E-state index contributed by atoms with van der Waals surface area (Å²) in [5.41, 5.74) is 6.40. The highest BCUT2D eigenvalue weighted by atomic mass is 16.4. The molecule has 5 heteroatoms. The van der Waals surface area contributed by atoms with Crippen molar-refractivity contribution >= 4 is 17.6 Å². The highest BCUT2D eigenvalue weighted by molar-refractivity contribution is 5.92. The van der Waals surface area contributed by atoms with Gasteiger partial charge in [-0.1, -0.05) is 13.8 Å². The van der Waals surface area contributed by atoms with Gasteiger partial charge in [-0.25, -0.2) is 4.79 Å². The van der Waals surface area contributed by atoms with E-state index in [9.17, 15) is 9.59 Å². The summed E-state index contributed by atoms with van der Waals surface area (Å²) in [6, 6.07) is 6.12. The molecule has 0 saturated heterocycles. The standard InChI is InChI=1S/C15H22N2O3/c1-15(2,9-10-16)8-7-13(18)17-12-5-3-11(4-6-12)14(19)20/h3-6H,7-10,16H2,1-2H3,(H,17,18)(H,19,20). The molecule has 5 nitrogen and oxygen atoms in total. The molecule has 0 spiro atoms. The first-order valence-electron chi connectivity index (χ1n) is 6.67. The van der Waals surface area contributed by atoms with Gasteiger partial charge >= 0.3 is 5.97 Å². The van der Waals surface area contributed by atoms with E-state index in [-0.39, 0.29) is 16.9 Å². The molecule has 0 saturated carbocycles. The van der Waals surface area contributed by atoms with Crippen molar-refractivity contribution in [3.63, 3.8) is 0 Å². The zero-order valence-corrected chi connectivity index (χ0v) is 12.0. The maximum Gasteiger partial charge on any atom is 0.335 e. The van der Waals surface area contributed by atoms with Gasteiger partial charge in [0.15, 0.2) is 0 Å². The Morgan fingerprint density at radius 3 is 2.30 bits per heavy atom. The van der Waals surface area contributed by atoms with E-state index in [2.05, 4.69) is 19.2 Å². The number of nitrogens with one attached hydrogen (secondary N) is 1. The molecular formula is C15H22N2O3. The molecule has 110 valence electrons. The predicted molar refractivity (Wildman–Crippen MR) is 78.7 cm³/mol. The Balaban J connectivity index is 2.48. The van der Waals surface area contributed by atoms with Crippen molar-refractivity contribution in [1.29, 1.82) is 0 Å². The van der Waals surface area contributed by atoms with Crippen molar-refractivity contribution in [3.8, 4) is 0 Å². The number of amides is 1. The van der Waals surface area contributed by atoms with Crippen LogP contribution in [0.4, 0.5) is 5.69 Å². The first kappa shape index (κ1) is 16.2. The molecule has 0 aromatic heterocycles. The summed E-state index contributed by atoms with van der Waals surface area (Å²) in [4.78, 5) is 22.5. The normalized spacial score (nSPS) is 11.2. The lowest BCUT2D eigenvalue weighted by Gasteiger charge is -2.23. The van der Waals surface area contributed by atoms with Gasteiger partial charge in [-0.05, 0) is 49.1 Å². The molecular weight excluding hydrogens is 256 g/mol. The first-order valence-corrected chi connectivity index (χ1v) is 6.67. The minimum atomic E-state index is -0.980. The number of nitrogens with two attached hydrogens (primary N) is 1. The lowest BCUT2D eigenvalue weighted by atomic mass is 9.84.